The van der Waals surface area contributed by atoms with Crippen LogP contribution in [0.15, 0.2) is 24.3 Å². The van der Waals surface area contributed by atoms with Crippen LogP contribution in [0.4, 0.5) is 5.69 Å². The van der Waals surface area contributed by atoms with Gasteiger partial charge in [0.05, 0.1) is 12.5 Å². The molecule has 0 spiro atoms. The molecule has 88 valence electrons. The molecule has 0 aliphatic heterocycles. The Morgan fingerprint density at radius 3 is 2.44 bits per heavy atom. The number of aliphatic hydroxyl groups excluding tert-OH is 1. The van der Waals surface area contributed by atoms with Crippen molar-refractivity contribution in [2.75, 3.05) is 18.5 Å². The van der Waals surface area contributed by atoms with Crippen LogP contribution < -0.4 is 4.90 Å². The smallest absolute Gasteiger partial charge is 0.306 e. The number of aliphatic hydroxyl groups is 1. The molecule has 0 aliphatic carbocycles. The van der Waals surface area contributed by atoms with Gasteiger partial charge in [-0.15, -0.1) is 0 Å². The van der Waals surface area contributed by atoms with E-state index in [-0.39, 0.29) is 6.42 Å². The first kappa shape index (κ1) is 12.5. The molecule has 2 N–H and O–H groups in total. The van der Waals surface area contributed by atoms with Crippen molar-refractivity contribution < 1.29 is 15.0 Å². The van der Waals surface area contributed by atoms with Crippen molar-refractivity contribution in [2.45, 2.75) is 19.4 Å². The maximum absolute atomic E-state index is 10.4. The minimum absolute atomic E-state index is 0.226. The number of carboxylic acids is 1. The van der Waals surface area contributed by atoms with E-state index < -0.39 is 12.1 Å². The molecular formula is C12H17NO3. The van der Waals surface area contributed by atoms with Gasteiger partial charge in [0, 0.05) is 19.3 Å². The Hall–Kier alpha value is -1.55. The fraction of sp³-hybridized carbons (Fsp3) is 0.417. The number of carboxylic acid groups (broad SMARTS) is 1. The zero-order valence-electron chi connectivity index (χ0n) is 9.55. The lowest BCUT2D eigenvalue weighted by molar-refractivity contribution is -0.139. The monoisotopic (exact) mass is 223 g/mol. The maximum Gasteiger partial charge on any atom is 0.306 e. The first-order valence-electron chi connectivity index (χ1n) is 5.16. The van der Waals surface area contributed by atoms with Crippen LogP contribution in [0.1, 0.15) is 12.0 Å². The van der Waals surface area contributed by atoms with Gasteiger partial charge in [0.2, 0.25) is 0 Å². The summed E-state index contributed by atoms with van der Waals surface area (Å²) in [6.45, 7) is 2.32. The number of carbonyl (C=O) groups is 1. The predicted octanol–water partition coefficient (Wildman–Crippen LogP) is 1.27. The van der Waals surface area contributed by atoms with Crippen molar-refractivity contribution in [3.05, 3.63) is 29.8 Å². The number of benzene rings is 1. The zero-order chi connectivity index (χ0) is 12.1. The molecule has 1 unspecified atom stereocenters. The van der Waals surface area contributed by atoms with Gasteiger partial charge in [0.1, 0.15) is 0 Å². The Balaban J connectivity index is 2.54. The molecule has 4 heteroatoms. The largest absolute Gasteiger partial charge is 0.481 e. The van der Waals surface area contributed by atoms with Gasteiger partial charge in [-0.05, 0) is 19.1 Å². The summed E-state index contributed by atoms with van der Waals surface area (Å²) in [7, 11) is 1.83. The van der Waals surface area contributed by atoms with Crippen LogP contribution in [0.5, 0.6) is 0 Å². The van der Waals surface area contributed by atoms with Gasteiger partial charge >= 0.3 is 5.97 Å². The summed E-state index contributed by atoms with van der Waals surface area (Å²) in [6, 6.07) is 7.86. The first-order valence-corrected chi connectivity index (χ1v) is 5.16. The minimum atomic E-state index is -0.982. The number of anilines is 1. The molecule has 0 saturated carbocycles. The number of aryl methyl sites for hydroxylation is 1. The highest BCUT2D eigenvalue weighted by Gasteiger charge is 2.12. The zero-order valence-corrected chi connectivity index (χ0v) is 9.55. The molecular weight excluding hydrogens is 206 g/mol. The highest BCUT2D eigenvalue weighted by Crippen LogP contribution is 2.13. The van der Waals surface area contributed by atoms with Crippen molar-refractivity contribution in [1.29, 1.82) is 0 Å². The van der Waals surface area contributed by atoms with E-state index in [1.54, 1.807) is 0 Å². The third-order valence-electron chi connectivity index (χ3n) is 2.37. The van der Waals surface area contributed by atoms with Gasteiger partial charge in [-0.2, -0.15) is 0 Å². The van der Waals surface area contributed by atoms with E-state index in [4.69, 9.17) is 5.11 Å². The van der Waals surface area contributed by atoms with E-state index in [0.29, 0.717) is 6.54 Å². The van der Waals surface area contributed by atoms with Crippen molar-refractivity contribution in [3.63, 3.8) is 0 Å². The summed E-state index contributed by atoms with van der Waals surface area (Å²) in [5, 5.41) is 18.0. The summed E-state index contributed by atoms with van der Waals surface area (Å²) in [6.07, 6.45) is -1.07. The number of likely N-dealkylation sites (N-methyl/N-ethyl adjacent to an activating group) is 1. The average molecular weight is 223 g/mol. The second-order valence-corrected chi connectivity index (χ2v) is 3.97. The third kappa shape index (κ3) is 3.90. The van der Waals surface area contributed by atoms with Crippen LogP contribution in [-0.2, 0) is 4.79 Å². The van der Waals surface area contributed by atoms with Crippen molar-refractivity contribution in [3.8, 4) is 0 Å². The van der Waals surface area contributed by atoms with Crippen LogP contribution in [0.2, 0.25) is 0 Å². The van der Waals surface area contributed by atoms with Crippen LogP contribution in [0, 0.1) is 6.92 Å². The molecule has 1 aromatic carbocycles. The van der Waals surface area contributed by atoms with E-state index >= 15 is 0 Å². The topological polar surface area (TPSA) is 60.8 Å². The van der Waals surface area contributed by atoms with Crippen molar-refractivity contribution in [1.82, 2.24) is 0 Å². The lowest BCUT2D eigenvalue weighted by Gasteiger charge is -2.22. The molecule has 1 atom stereocenters. The van der Waals surface area contributed by atoms with Crippen LogP contribution >= 0.6 is 0 Å². The predicted molar refractivity (Wildman–Crippen MR) is 62.7 cm³/mol. The number of nitrogens with zero attached hydrogens (tertiary/aromatic N) is 1. The summed E-state index contributed by atoms with van der Waals surface area (Å²) in [5.74, 6) is -0.982. The lowest BCUT2D eigenvalue weighted by atomic mass is 10.2. The van der Waals surface area contributed by atoms with Gasteiger partial charge < -0.3 is 15.1 Å². The summed E-state index contributed by atoms with van der Waals surface area (Å²) >= 11 is 0. The Kier molecular flexibility index (Phi) is 4.31. The molecule has 4 nitrogen and oxygen atoms in total. The summed E-state index contributed by atoms with van der Waals surface area (Å²) < 4.78 is 0. The van der Waals surface area contributed by atoms with Crippen LogP contribution in [0.25, 0.3) is 0 Å². The lowest BCUT2D eigenvalue weighted by Crippen LogP contribution is -2.30. The van der Waals surface area contributed by atoms with E-state index in [9.17, 15) is 9.90 Å². The molecule has 1 aromatic rings. The number of aliphatic carboxylic acids is 1. The van der Waals surface area contributed by atoms with Crippen LogP contribution in [-0.4, -0.2) is 35.9 Å². The Bertz CT molecular complexity index is 348. The van der Waals surface area contributed by atoms with E-state index in [1.165, 1.54) is 5.56 Å². The quantitative estimate of drug-likeness (QED) is 0.789. The minimum Gasteiger partial charge on any atom is -0.481 e. The fourth-order valence-electron chi connectivity index (χ4n) is 1.49. The molecule has 0 amide bonds. The Morgan fingerprint density at radius 1 is 1.38 bits per heavy atom. The highest BCUT2D eigenvalue weighted by molar-refractivity contribution is 5.67. The molecule has 0 aromatic heterocycles. The SMILES string of the molecule is Cc1ccc(N(C)CC(O)CC(=O)O)cc1. The first-order chi connectivity index (χ1) is 7.49. The normalized spacial score (nSPS) is 12.2. The van der Waals surface area contributed by atoms with Gasteiger partial charge in [-0.1, -0.05) is 17.7 Å². The van der Waals surface area contributed by atoms with Gasteiger partial charge in [0.25, 0.3) is 0 Å². The second kappa shape index (κ2) is 5.51. The molecule has 0 bridgehead atoms. The molecule has 0 fully saturated rings. The Morgan fingerprint density at radius 2 is 1.94 bits per heavy atom. The third-order valence-corrected chi connectivity index (χ3v) is 2.37. The number of hydrogen-bond donors (Lipinski definition) is 2. The molecule has 0 radical (unpaired) electrons. The number of rotatable bonds is 5. The molecule has 0 aliphatic rings. The molecule has 0 heterocycles. The maximum atomic E-state index is 10.4. The van der Waals surface area contributed by atoms with Crippen molar-refractivity contribution >= 4 is 11.7 Å². The van der Waals surface area contributed by atoms with E-state index in [0.717, 1.165) is 5.69 Å². The van der Waals surface area contributed by atoms with E-state index in [2.05, 4.69) is 0 Å². The van der Waals surface area contributed by atoms with Crippen LogP contribution in [0.3, 0.4) is 0 Å². The van der Waals surface area contributed by atoms with Crippen molar-refractivity contribution in [2.24, 2.45) is 0 Å². The van der Waals surface area contributed by atoms with Gasteiger partial charge in [0.15, 0.2) is 0 Å². The summed E-state index contributed by atoms with van der Waals surface area (Å²) in [5.41, 5.74) is 2.14. The van der Waals surface area contributed by atoms with E-state index in [1.807, 2.05) is 43.1 Å². The second-order valence-electron chi connectivity index (χ2n) is 3.97. The number of hydrogen-bond acceptors (Lipinski definition) is 3. The molecule has 0 saturated heterocycles. The Labute approximate surface area is 95.1 Å². The molecule has 16 heavy (non-hydrogen) atoms. The van der Waals surface area contributed by atoms with Gasteiger partial charge in [-0.3, -0.25) is 4.79 Å². The van der Waals surface area contributed by atoms with Gasteiger partial charge in [-0.25, -0.2) is 0 Å². The summed E-state index contributed by atoms with van der Waals surface area (Å²) in [4.78, 5) is 12.2. The fourth-order valence-corrected chi connectivity index (χ4v) is 1.49. The highest BCUT2D eigenvalue weighted by atomic mass is 16.4. The standard InChI is InChI=1S/C12H17NO3/c1-9-3-5-10(6-4-9)13(2)8-11(14)7-12(15)16/h3-6,11,14H,7-8H2,1-2H3,(H,15,16). The average Bonchev–Trinajstić information content (AvgIpc) is 2.16. The molecule has 1 rings (SSSR count).